The smallest absolute Gasteiger partial charge is 0.319 e. The highest BCUT2D eigenvalue weighted by molar-refractivity contribution is 5.90. The van der Waals surface area contributed by atoms with Crippen molar-refractivity contribution in [3.05, 3.63) is 46.8 Å². The lowest BCUT2D eigenvalue weighted by Crippen LogP contribution is -2.31. The number of urea groups is 1. The quantitative estimate of drug-likeness (QED) is 0.745. The summed E-state index contributed by atoms with van der Waals surface area (Å²) < 4.78 is 6.70. The molecule has 0 atom stereocenters. The number of nitrogens with zero attached hydrogens (tertiary/aromatic N) is 2. The highest BCUT2D eigenvalue weighted by Gasteiger charge is 2.14. The lowest BCUT2D eigenvalue weighted by atomic mass is 10.1. The average Bonchev–Trinajstić information content (AvgIpc) is 2.82. The van der Waals surface area contributed by atoms with Crippen LogP contribution in [0.4, 0.5) is 10.5 Å². The monoisotopic (exact) mass is 358 g/mol. The van der Waals surface area contributed by atoms with E-state index in [4.69, 9.17) is 4.74 Å². The minimum atomic E-state index is -0.365. The Hall–Kier alpha value is -2.83. The molecule has 2 amide bonds. The molecule has 7 heteroatoms. The molecular weight excluding hydrogens is 332 g/mol. The fourth-order valence-corrected chi connectivity index (χ4v) is 2.68. The van der Waals surface area contributed by atoms with Crippen LogP contribution in [0.5, 0.6) is 0 Å². The zero-order chi connectivity index (χ0) is 19.1. The molecule has 0 aliphatic carbocycles. The second kappa shape index (κ2) is 9.03. The van der Waals surface area contributed by atoms with Gasteiger partial charge in [-0.15, -0.1) is 0 Å². The number of benzene rings is 1. The second-order valence-electron chi connectivity index (χ2n) is 6.13. The van der Waals surface area contributed by atoms with Gasteiger partial charge in [-0.25, -0.2) is 4.79 Å². The van der Waals surface area contributed by atoms with Crippen LogP contribution in [0.25, 0.3) is 0 Å². The second-order valence-corrected chi connectivity index (χ2v) is 6.13. The molecule has 0 aliphatic rings. The molecule has 0 radical (unpaired) electrons. The zero-order valence-electron chi connectivity index (χ0n) is 15.8. The van der Waals surface area contributed by atoms with Crippen molar-refractivity contribution < 1.29 is 14.3 Å². The molecule has 1 heterocycles. The first-order valence-corrected chi connectivity index (χ1v) is 8.70. The van der Waals surface area contributed by atoms with E-state index < -0.39 is 0 Å². The van der Waals surface area contributed by atoms with Crippen molar-refractivity contribution in [3.63, 3.8) is 0 Å². The van der Waals surface area contributed by atoms with Crippen LogP contribution in [0, 0.1) is 20.8 Å². The lowest BCUT2D eigenvalue weighted by molar-refractivity contribution is -0.142. The van der Waals surface area contributed by atoms with Gasteiger partial charge in [0.15, 0.2) is 0 Å². The van der Waals surface area contributed by atoms with Crippen LogP contribution in [0.2, 0.25) is 0 Å². The number of ether oxygens (including phenoxy) is 1. The molecule has 26 heavy (non-hydrogen) atoms. The predicted octanol–water partition coefficient (Wildman–Crippen LogP) is 2.93. The normalized spacial score (nSPS) is 10.5. The molecule has 0 bridgehead atoms. The third kappa shape index (κ3) is 5.34. The van der Waals surface area contributed by atoms with Crippen molar-refractivity contribution in [2.24, 2.45) is 0 Å². The van der Waals surface area contributed by atoms with E-state index in [1.165, 1.54) is 5.56 Å². The van der Waals surface area contributed by atoms with E-state index in [-0.39, 0.29) is 25.0 Å². The maximum absolute atomic E-state index is 12.1. The summed E-state index contributed by atoms with van der Waals surface area (Å²) >= 11 is 0. The first-order chi connectivity index (χ1) is 12.4. The van der Waals surface area contributed by atoms with Crippen LogP contribution in [0.1, 0.15) is 35.9 Å². The van der Waals surface area contributed by atoms with E-state index in [0.717, 1.165) is 17.0 Å². The van der Waals surface area contributed by atoms with Crippen molar-refractivity contribution in [1.82, 2.24) is 15.1 Å². The summed E-state index contributed by atoms with van der Waals surface area (Å²) in [6.07, 6.45) is 0.145. The van der Waals surface area contributed by atoms with Gasteiger partial charge in [0.25, 0.3) is 0 Å². The van der Waals surface area contributed by atoms with Gasteiger partial charge in [-0.1, -0.05) is 29.8 Å². The summed E-state index contributed by atoms with van der Waals surface area (Å²) in [6.45, 7) is 8.78. The molecule has 1 aromatic carbocycles. The molecular formula is C19H26N4O3. The van der Waals surface area contributed by atoms with Gasteiger partial charge in [-0.05, 0) is 33.3 Å². The standard InChI is InChI=1S/C19H26N4O3/c1-5-26-17(24)9-10-20-19(25)21-18-14(3)22-23(15(18)4)12-16-8-6-7-13(2)11-16/h6-8,11H,5,9-10,12H2,1-4H3,(H2,20,21,25). The molecule has 0 aliphatic heterocycles. The summed E-state index contributed by atoms with van der Waals surface area (Å²) in [5.41, 5.74) is 4.66. The summed E-state index contributed by atoms with van der Waals surface area (Å²) in [5, 5.41) is 9.99. The number of hydrogen-bond donors (Lipinski definition) is 2. The fourth-order valence-electron chi connectivity index (χ4n) is 2.68. The van der Waals surface area contributed by atoms with Crippen LogP contribution in [0.15, 0.2) is 24.3 Å². The third-order valence-electron chi connectivity index (χ3n) is 3.95. The SMILES string of the molecule is CCOC(=O)CCNC(=O)Nc1c(C)nn(Cc2cccc(C)c2)c1C. The van der Waals surface area contributed by atoms with Crippen LogP contribution in [0.3, 0.4) is 0 Å². The first kappa shape index (κ1) is 19.5. The van der Waals surface area contributed by atoms with E-state index in [0.29, 0.717) is 18.8 Å². The number of aryl methyl sites for hydroxylation is 2. The molecule has 7 nitrogen and oxygen atoms in total. The number of nitrogens with one attached hydrogen (secondary N) is 2. The summed E-state index contributed by atoms with van der Waals surface area (Å²) in [5.74, 6) is -0.328. The van der Waals surface area contributed by atoms with Gasteiger partial charge in [-0.2, -0.15) is 5.10 Å². The van der Waals surface area contributed by atoms with Gasteiger partial charge >= 0.3 is 12.0 Å². The van der Waals surface area contributed by atoms with Crippen LogP contribution in [-0.2, 0) is 16.1 Å². The van der Waals surface area contributed by atoms with Crippen molar-refractivity contribution in [2.45, 2.75) is 40.7 Å². The minimum Gasteiger partial charge on any atom is -0.466 e. The van der Waals surface area contributed by atoms with E-state index in [9.17, 15) is 9.59 Å². The number of aromatic nitrogens is 2. The number of anilines is 1. The van der Waals surface area contributed by atoms with Gasteiger partial charge in [0.05, 0.1) is 36.6 Å². The molecule has 0 spiro atoms. The highest BCUT2D eigenvalue weighted by Crippen LogP contribution is 2.20. The topological polar surface area (TPSA) is 85.2 Å². The maximum Gasteiger partial charge on any atom is 0.319 e. The Balaban J connectivity index is 1.96. The van der Waals surface area contributed by atoms with E-state index in [1.54, 1.807) is 6.92 Å². The molecule has 2 N–H and O–H groups in total. The van der Waals surface area contributed by atoms with E-state index in [1.807, 2.05) is 24.6 Å². The largest absolute Gasteiger partial charge is 0.466 e. The van der Waals surface area contributed by atoms with Crippen molar-refractivity contribution in [3.8, 4) is 0 Å². The number of esters is 1. The van der Waals surface area contributed by atoms with Gasteiger partial charge in [-0.3, -0.25) is 9.48 Å². The van der Waals surface area contributed by atoms with Crippen molar-refractivity contribution in [2.75, 3.05) is 18.5 Å². The molecule has 2 aromatic rings. The van der Waals surface area contributed by atoms with Crippen LogP contribution >= 0.6 is 0 Å². The molecule has 0 fully saturated rings. The Morgan fingerprint density at radius 2 is 2.00 bits per heavy atom. The minimum absolute atomic E-state index is 0.145. The Bertz CT molecular complexity index is 783. The number of rotatable bonds is 7. The summed E-state index contributed by atoms with van der Waals surface area (Å²) in [4.78, 5) is 23.3. The molecule has 0 unspecified atom stereocenters. The molecule has 1 aromatic heterocycles. The van der Waals surface area contributed by atoms with E-state index in [2.05, 4.69) is 40.9 Å². The number of carbonyl (C=O) groups is 2. The zero-order valence-corrected chi connectivity index (χ0v) is 15.8. The van der Waals surface area contributed by atoms with Crippen molar-refractivity contribution >= 4 is 17.7 Å². The van der Waals surface area contributed by atoms with Crippen LogP contribution < -0.4 is 10.6 Å². The predicted molar refractivity (Wildman–Crippen MR) is 100 cm³/mol. The Kier molecular flexibility index (Phi) is 6.77. The molecule has 140 valence electrons. The maximum atomic E-state index is 12.1. The first-order valence-electron chi connectivity index (χ1n) is 8.70. The Morgan fingerprint density at radius 3 is 2.69 bits per heavy atom. The number of hydrogen-bond acceptors (Lipinski definition) is 4. The number of carbonyl (C=O) groups excluding carboxylic acids is 2. The van der Waals surface area contributed by atoms with Gasteiger partial charge < -0.3 is 15.4 Å². The molecule has 0 saturated heterocycles. The summed E-state index contributed by atoms with van der Waals surface area (Å²) in [6, 6.07) is 7.88. The van der Waals surface area contributed by atoms with E-state index >= 15 is 0 Å². The summed E-state index contributed by atoms with van der Waals surface area (Å²) in [7, 11) is 0. The highest BCUT2D eigenvalue weighted by atomic mass is 16.5. The molecule has 0 saturated carbocycles. The fraction of sp³-hybridized carbons (Fsp3) is 0.421. The molecule has 2 rings (SSSR count). The van der Waals surface area contributed by atoms with Crippen LogP contribution in [-0.4, -0.2) is 34.9 Å². The Labute approximate surface area is 153 Å². The van der Waals surface area contributed by atoms with Gasteiger partial charge in [0.1, 0.15) is 0 Å². The Morgan fingerprint density at radius 1 is 1.23 bits per heavy atom. The lowest BCUT2D eigenvalue weighted by Gasteiger charge is -2.09. The van der Waals surface area contributed by atoms with Gasteiger partial charge in [0, 0.05) is 6.54 Å². The van der Waals surface area contributed by atoms with Gasteiger partial charge in [0.2, 0.25) is 0 Å². The average molecular weight is 358 g/mol. The third-order valence-corrected chi connectivity index (χ3v) is 3.95. The van der Waals surface area contributed by atoms with Crippen molar-refractivity contribution in [1.29, 1.82) is 0 Å². The number of amides is 2.